The van der Waals surface area contributed by atoms with Gasteiger partial charge in [0.1, 0.15) is 0 Å². The molecule has 3 heteroatoms. The summed E-state index contributed by atoms with van der Waals surface area (Å²) in [6.45, 7) is 8.38. The van der Waals surface area contributed by atoms with Crippen molar-refractivity contribution < 1.29 is 9.47 Å². The molecule has 2 N–H and O–H groups in total. The molecular formula is C11H23NO2. The average Bonchev–Trinajstić information content (AvgIpc) is 2.19. The zero-order valence-electron chi connectivity index (χ0n) is 9.42. The Balaban J connectivity index is 2.08. The number of nitrogens with two attached hydrogens (primary N) is 1. The highest BCUT2D eigenvalue weighted by atomic mass is 16.5. The minimum Gasteiger partial charge on any atom is -0.381 e. The average molecular weight is 201 g/mol. The molecule has 0 aromatic rings. The maximum Gasteiger partial charge on any atom is 0.0529 e. The summed E-state index contributed by atoms with van der Waals surface area (Å²) in [7, 11) is 0. The fraction of sp³-hybridized carbons (Fsp3) is 1.00. The highest BCUT2D eigenvalue weighted by molar-refractivity contribution is 4.69. The van der Waals surface area contributed by atoms with E-state index in [0.717, 1.165) is 39.3 Å². The number of hydrogen-bond donors (Lipinski definition) is 1. The van der Waals surface area contributed by atoms with Crippen molar-refractivity contribution in [3.05, 3.63) is 0 Å². The van der Waals surface area contributed by atoms with E-state index in [9.17, 15) is 0 Å². The lowest BCUT2D eigenvalue weighted by molar-refractivity contribution is -0.0000634. The Morgan fingerprint density at radius 1 is 1.36 bits per heavy atom. The summed E-state index contributed by atoms with van der Waals surface area (Å²) < 4.78 is 11.0. The van der Waals surface area contributed by atoms with Gasteiger partial charge in [-0.3, -0.25) is 0 Å². The van der Waals surface area contributed by atoms with Gasteiger partial charge >= 0.3 is 0 Å². The van der Waals surface area contributed by atoms with Crippen molar-refractivity contribution in [2.24, 2.45) is 17.1 Å². The highest BCUT2D eigenvalue weighted by Crippen LogP contribution is 2.17. The Kier molecular flexibility index (Phi) is 4.85. The van der Waals surface area contributed by atoms with Gasteiger partial charge in [0.05, 0.1) is 6.61 Å². The topological polar surface area (TPSA) is 44.5 Å². The molecule has 0 radical (unpaired) electrons. The molecule has 1 aliphatic rings. The minimum absolute atomic E-state index is 0.116. The summed E-state index contributed by atoms with van der Waals surface area (Å²) in [5.74, 6) is 0.692. The molecule has 0 unspecified atom stereocenters. The van der Waals surface area contributed by atoms with E-state index in [1.54, 1.807) is 0 Å². The second-order valence-corrected chi connectivity index (χ2v) is 4.94. The van der Waals surface area contributed by atoms with Gasteiger partial charge in [0.2, 0.25) is 0 Å². The predicted octanol–water partition coefficient (Wildman–Crippen LogP) is 1.41. The van der Waals surface area contributed by atoms with Crippen molar-refractivity contribution in [3.8, 4) is 0 Å². The van der Waals surface area contributed by atoms with Gasteiger partial charge in [-0.1, -0.05) is 13.8 Å². The van der Waals surface area contributed by atoms with E-state index in [4.69, 9.17) is 15.2 Å². The van der Waals surface area contributed by atoms with E-state index in [1.807, 2.05) is 0 Å². The lowest BCUT2D eigenvalue weighted by atomic mass is 9.95. The lowest BCUT2D eigenvalue weighted by Crippen LogP contribution is -2.30. The summed E-state index contributed by atoms with van der Waals surface area (Å²) in [6.07, 6.45) is 2.28. The van der Waals surface area contributed by atoms with Gasteiger partial charge in [0.25, 0.3) is 0 Å². The van der Waals surface area contributed by atoms with Crippen molar-refractivity contribution in [2.75, 3.05) is 33.0 Å². The molecule has 0 aromatic carbocycles. The van der Waals surface area contributed by atoms with E-state index in [-0.39, 0.29) is 5.41 Å². The first-order valence-corrected chi connectivity index (χ1v) is 5.49. The van der Waals surface area contributed by atoms with Gasteiger partial charge in [0.15, 0.2) is 0 Å². The van der Waals surface area contributed by atoms with E-state index in [2.05, 4.69) is 13.8 Å². The number of ether oxygens (including phenoxy) is 2. The van der Waals surface area contributed by atoms with Crippen LogP contribution in [0.4, 0.5) is 0 Å². The van der Waals surface area contributed by atoms with E-state index >= 15 is 0 Å². The Hall–Kier alpha value is -0.120. The largest absolute Gasteiger partial charge is 0.381 e. The molecule has 3 nitrogen and oxygen atoms in total. The maximum absolute atomic E-state index is 5.69. The molecule has 0 atom stereocenters. The monoisotopic (exact) mass is 201 g/mol. The molecule has 84 valence electrons. The molecule has 0 bridgehead atoms. The smallest absolute Gasteiger partial charge is 0.0529 e. The SMILES string of the molecule is CC(C)(CN)COCC1CCOCC1. The third kappa shape index (κ3) is 4.40. The van der Waals surface area contributed by atoms with Crippen LogP contribution in [-0.2, 0) is 9.47 Å². The molecule has 0 spiro atoms. The first-order chi connectivity index (χ1) is 6.64. The normalized spacial score (nSPS) is 19.9. The number of hydrogen-bond acceptors (Lipinski definition) is 3. The minimum atomic E-state index is 0.116. The summed E-state index contributed by atoms with van der Waals surface area (Å²) in [4.78, 5) is 0. The van der Waals surface area contributed by atoms with Crippen LogP contribution < -0.4 is 5.73 Å². The first-order valence-electron chi connectivity index (χ1n) is 5.49. The molecule has 0 amide bonds. The van der Waals surface area contributed by atoms with Crippen LogP contribution >= 0.6 is 0 Å². The second-order valence-electron chi connectivity index (χ2n) is 4.94. The van der Waals surface area contributed by atoms with Crippen LogP contribution in [0.25, 0.3) is 0 Å². The Bertz CT molecular complexity index is 153. The van der Waals surface area contributed by atoms with Crippen LogP contribution in [-0.4, -0.2) is 33.0 Å². The van der Waals surface area contributed by atoms with Gasteiger partial charge in [-0.15, -0.1) is 0 Å². The fourth-order valence-corrected chi connectivity index (χ4v) is 1.47. The lowest BCUT2D eigenvalue weighted by Gasteiger charge is -2.26. The van der Waals surface area contributed by atoms with Gasteiger partial charge in [-0.25, -0.2) is 0 Å². The molecule has 0 aliphatic carbocycles. The maximum atomic E-state index is 5.69. The third-order valence-corrected chi connectivity index (χ3v) is 2.74. The molecule has 1 aliphatic heterocycles. The molecule has 0 aromatic heterocycles. The molecular weight excluding hydrogens is 178 g/mol. The van der Waals surface area contributed by atoms with E-state index in [1.165, 1.54) is 0 Å². The van der Waals surface area contributed by atoms with Crippen molar-refractivity contribution >= 4 is 0 Å². The number of rotatable bonds is 5. The quantitative estimate of drug-likeness (QED) is 0.731. The summed E-state index contributed by atoms with van der Waals surface area (Å²) in [5, 5.41) is 0. The Morgan fingerprint density at radius 3 is 2.57 bits per heavy atom. The molecule has 14 heavy (non-hydrogen) atoms. The molecule has 1 heterocycles. The molecule has 1 rings (SSSR count). The van der Waals surface area contributed by atoms with Crippen LogP contribution in [0.2, 0.25) is 0 Å². The zero-order valence-corrected chi connectivity index (χ0v) is 9.42. The van der Waals surface area contributed by atoms with Crippen LogP contribution in [0, 0.1) is 11.3 Å². The standard InChI is InChI=1S/C11H23NO2/c1-11(2,8-12)9-14-7-10-3-5-13-6-4-10/h10H,3-9,12H2,1-2H3. The predicted molar refractivity (Wildman–Crippen MR) is 57.2 cm³/mol. The van der Waals surface area contributed by atoms with Crippen LogP contribution in [0.3, 0.4) is 0 Å². The Morgan fingerprint density at radius 2 is 2.00 bits per heavy atom. The first kappa shape index (κ1) is 12.0. The van der Waals surface area contributed by atoms with Crippen molar-refractivity contribution in [1.82, 2.24) is 0 Å². The van der Waals surface area contributed by atoms with Crippen molar-refractivity contribution in [2.45, 2.75) is 26.7 Å². The summed E-state index contributed by atoms with van der Waals surface area (Å²) >= 11 is 0. The molecule has 1 saturated heterocycles. The highest BCUT2D eigenvalue weighted by Gasteiger charge is 2.18. The van der Waals surface area contributed by atoms with E-state index < -0.39 is 0 Å². The van der Waals surface area contributed by atoms with E-state index in [0.29, 0.717) is 12.5 Å². The zero-order chi connectivity index (χ0) is 10.4. The summed E-state index contributed by atoms with van der Waals surface area (Å²) in [5.41, 5.74) is 5.74. The van der Waals surface area contributed by atoms with Crippen LogP contribution in [0.5, 0.6) is 0 Å². The fourth-order valence-electron chi connectivity index (χ4n) is 1.47. The van der Waals surface area contributed by atoms with Gasteiger partial charge in [0, 0.05) is 25.2 Å². The molecule has 0 saturated carbocycles. The second kappa shape index (κ2) is 5.69. The van der Waals surface area contributed by atoms with Crippen molar-refractivity contribution in [1.29, 1.82) is 0 Å². The third-order valence-electron chi connectivity index (χ3n) is 2.74. The van der Waals surface area contributed by atoms with Gasteiger partial charge in [-0.2, -0.15) is 0 Å². The Labute approximate surface area is 86.9 Å². The van der Waals surface area contributed by atoms with Crippen LogP contribution in [0.1, 0.15) is 26.7 Å². The summed E-state index contributed by atoms with van der Waals surface area (Å²) in [6, 6.07) is 0. The van der Waals surface area contributed by atoms with Crippen molar-refractivity contribution in [3.63, 3.8) is 0 Å². The van der Waals surface area contributed by atoms with Crippen LogP contribution in [0.15, 0.2) is 0 Å². The van der Waals surface area contributed by atoms with Gasteiger partial charge in [-0.05, 0) is 25.3 Å². The molecule has 1 fully saturated rings. The van der Waals surface area contributed by atoms with Gasteiger partial charge < -0.3 is 15.2 Å².